The predicted molar refractivity (Wildman–Crippen MR) is 84.8 cm³/mol. The molecule has 0 atom stereocenters. The van der Waals surface area contributed by atoms with Crippen molar-refractivity contribution in [1.82, 2.24) is 0 Å². The monoisotopic (exact) mass is 305 g/mol. The van der Waals surface area contributed by atoms with Crippen molar-refractivity contribution < 1.29 is 9.53 Å². The maximum absolute atomic E-state index is 12.4. The highest BCUT2D eigenvalue weighted by atomic mass is 35.5. The van der Waals surface area contributed by atoms with Crippen LogP contribution >= 0.6 is 11.6 Å². The van der Waals surface area contributed by atoms with E-state index in [9.17, 15) is 4.79 Å². The molecule has 0 aliphatic rings. The number of nitrogens with two attached hydrogens (primary N) is 1. The maximum Gasteiger partial charge on any atom is 0.257 e. The van der Waals surface area contributed by atoms with Gasteiger partial charge in [0.2, 0.25) is 0 Å². The highest BCUT2D eigenvalue weighted by molar-refractivity contribution is 6.31. The number of hydrazine groups is 1. The van der Waals surface area contributed by atoms with Crippen LogP contribution in [0.2, 0.25) is 5.02 Å². The third-order valence-corrected chi connectivity index (χ3v) is 3.05. The maximum atomic E-state index is 12.4. The number of halogens is 1. The number of ether oxygens (including phenoxy) is 1. The van der Waals surface area contributed by atoms with Gasteiger partial charge in [-0.15, -0.1) is 0 Å². The van der Waals surface area contributed by atoms with Gasteiger partial charge in [-0.05, 0) is 37.3 Å². The molecule has 0 spiro atoms. The van der Waals surface area contributed by atoms with E-state index < -0.39 is 0 Å². The van der Waals surface area contributed by atoms with E-state index in [-0.39, 0.29) is 5.91 Å². The molecule has 0 aromatic heterocycles. The summed E-state index contributed by atoms with van der Waals surface area (Å²) in [6, 6.07) is 12.1. The predicted octanol–water partition coefficient (Wildman–Crippen LogP) is 3.28. The van der Waals surface area contributed by atoms with Crippen molar-refractivity contribution in [2.75, 3.05) is 17.3 Å². The summed E-state index contributed by atoms with van der Waals surface area (Å²) < 4.78 is 5.47. The Morgan fingerprint density at radius 1 is 1.24 bits per heavy atom. The lowest BCUT2D eigenvalue weighted by Crippen LogP contribution is -2.17. The molecule has 0 radical (unpaired) electrons. The molecule has 0 bridgehead atoms. The van der Waals surface area contributed by atoms with Crippen molar-refractivity contribution in [3.05, 3.63) is 53.1 Å². The molecule has 0 heterocycles. The minimum absolute atomic E-state index is 0.322. The van der Waals surface area contributed by atoms with E-state index in [0.717, 1.165) is 0 Å². The van der Waals surface area contributed by atoms with Crippen LogP contribution in [-0.4, -0.2) is 12.5 Å². The summed E-state index contributed by atoms with van der Waals surface area (Å²) in [5.41, 5.74) is 3.92. The SMILES string of the molecule is CCOc1ccccc1NC(=O)c1cc(Cl)ccc1NN. The number of carbonyl (C=O) groups is 1. The van der Waals surface area contributed by atoms with E-state index in [0.29, 0.717) is 34.3 Å². The van der Waals surface area contributed by atoms with Gasteiger partial charge in [-0.2, -0.15) is 0 Å². The second kappa shape index (κ2) is 6.97. The molecule has 5 nitrogen and oxygen atoms in total. The van der Waals surface area contributed by atoms with Crippen molar-refractivity contribution in [2.45, 2.75) is 6.92 Å². The van der Waals surface area contributed by atoms with Crippen LogP contribution < -0.4 is 21.3 Å². The molecule has 1 amide bonds. The molecule has 2 aromatic rings. The van der Waals surface area contributed by atoms with Crippen molar-refractivity contribution in [3.63, 3.8) is 0 Å². The summed E-state index contributed by atoms with van der Waals surface area (Å²) in [6.07, 6.45) is 0. The Bertz CT molecular complexity index is 647. The van der Waals surface area contributed by atoms with Crippen molar-refractivity contribution in [1.29, 1.82) is 0 Å². The van der Waals surface area contributed by atoms with Crippen LogP contribution in [0.3, 0.4) is 0 Å². The van der Waals surface area contributed by atoms with Gasteiger partial charge in [0.1, 0.15) is 5.75 Å². The van der Waals surface area contributed by atoms with Crippen LogP contribution in [0.15, 0.2) is 42.5 Å². The fourth-order valence-corrected chi connectivity index (χ4v) is 2.04. The molecule has 0 aliphatic heterocycles. The van der Waals surface area contributed by atoms with Crippen molar-refractivity contribution in [2.24, 2.45) is 5.84 Å². The Kier molecular flexibility index (Phi) is 5.03. The number of anilines is 2. The molecule has 21 heavy (non-hydrogen) atoms. The summed E-state index contributed by atoms with van der Waals surface area (Å²) >= 11 is 5.93. The summed E-state index contributed by atoms with van der Waals surface area (Å²) in [5.74, 6) is 5.70. The number of para-hydroxylation sites is 2. The Morgan fingerprint density at radius 2 is 2.00 bits per heavy atom. The molecule has 0 unspecified atom stereocenters. The topological polar surface area (TPSA) is 76.4 Å². The van der Waals surface area contributed by atoms with E-state index in [1.54, 1.807) is 30.3 Å². The first kappa shape index (κ1) is 15.2. The largest absolute Gasteiger partial charge is 0.492 e. The lowest BCUT2D eigenvalue weighted by molar-refractivity contribution is 0.102. The molecule has 0 saturated carbocycles. The van der Waals surface area contributed by atoms with Crippen LogP contribution in [0.25, 0.3) is 0 Å². The second-order valence-corrected chi connectivity index (χ2v) is 4.65. The number of nitrogens with one attached hydrogen (secondary N) is 2. The standard InChI is InChI=1S/C15H16ClN3O2/c1-2-21-14-6-4-3-5-13(14)18-15(20)11-9-10(16)7-8-12(11)19-17/h3-9,19H,2,17H2,1H3,(H,18,20). The molecule has 6 heteroatoms. The lowest BCUT2D eigenvalue weighted by Gasteiger charge is -2.13. The second-order valence-electron chi connectivity index (χ2n) is 4.22. The van der Waals surface area contributed by atoms with Gasteiger partial charge in [0, 0.05) is 5.02 Å². The number of carbonyl (C=O) groups excluding carboxylic acids is 1. The number of hydrogen-bond acceptors (Lipinski definition) is 4. The van der Waals surface area contributed by atoms with Gasteiger partial charge in [0.05, 0.1) is 23.5 Å². The van der Waals surface area contributed by atoms with E-state index >= 15 is 0 Å². The Morgan fingerprint density at radius 3 is 2.71 bits per heavy atom. The number of hydrogen-bond donors (Lipinski definition) is 3. The van der Waals surface area contributed by atoms with Crippen LogP contribution in [-0.2, 0) is 0 Å². The van der Waals surface area contributed by atoms with E-state index in [2.05, 4.69) is 10.7 Å². The van der Waals surface area contributed by atoms with Crippen molar-refractivity contribution >= 4 is 28.9 Å². The Hall–Kier alpha value is -2.24. The van der Waals surface area contributed by atoms with E-state index in [1.807, 2.05) is 19.1 Å². The van der Waals surface area contributed by atoms with Gasteiger partial charge < -0.3 is 15.5 Å². The first-order valence-corrected chi connectivity index (χ1v) is 6.83. The minimum Gasteiger partial charge on any atom is -0.492 e. The molecule has 4 N–H and O–H groups in total. The number of nitrogen functional groups attached to an aromatic ring is 1. The molecule has 0 fully saturated rings. The van der Waals surface area contributed by atoms with Gasteiger partial charge in [-0.25, -0.2) is 0 Å². The van der Waals surface area contributed by atoms with E-state index in [1.165, 1.54) is 0 Å². The van der Waals surface area contributed by atoms with Gasteiger partial charge in [0.25, 0.3) is 5.91 Å². The quantitative estimate of drug-likeness (QED) is 0.585. The number of amides is 1. The zero-order valence-electron chi connectivity index (χ0n) is 11.5. The van der Waals surface area contributed by atoms with Gasteiger partial charge in [-0.3, -0.25) is 10.6 Å². The van der Waals surface area contributed by atoms with Crippen LogP contribution in [0.4, 0.5) is 11.4 Å². The highest BCUT2D eigenvalue weighted by Gasteiger charge is 2.14. The average Bonchev–Trinajstić information content (AvgIpc) is 2.49. The van der Waals surface area contributed by atoms with Crippen LogP contribution in [0.5, 0.6) is 5.75 Å². The average molecular weight is 306 g/mol. The highest BCUT2D eigenvalue weighted by Crippen LogP contribution is 2.26. The zero-order chi connectivity index (χ0) is 15.2. The third-order valence-electron chi connectivity index (χ3n) is 2.82. The fraction of sp³-hybridized carbons (Fsp3) is 0.133. The van der Waals surface area contributed by atoms with Crippen LogP contribution in [0, 0.1) is 0 Å². The van der Waals surface area contributed by atoms with Crippen molar-refractivity contribution in [3.8, 4) is 5.75 Å². The molecule has 2 aromatic carbocycles. The zero-order valence-corrected chi connectivity index (χ0v) is 12.3. The van der Waals surface area contributed by atoms with Gasteiger partial charge in [0.15, 0.2) is 0 Å². The third kappa shape index (κ3) is 3.65. The summed E-state index contributed by atoms with van der Waals surface area (Å²) in [6.45, 7) is 2.39. The lowest BCUT2D eigenvalue weighted by atomic mass is 10.1. The summed E-state index contributed by atoms with van der Waals surface area (Å²) in [4.78, 5) is 12.4. The Balaban J connectivity index is 2.28. The van der Waals surface area contributed by atoms with Crippen LogP contribution in [0.1, 0.15) is 17.3 Å². The summed E-state index contributed by atoms with van der Waals surface area (Å²) in [7, 11) is 0. The summed E-state index contributed by atoms with van der Waals surface area (Å²) in [5, 5.41) is 3.25. The first-order valence-electron chi connectivity index (χ1n) is 6.45. The smallest absolute Gasteiger partial charge is 0.257 e. The molecule has 0 aliphatic carbocycles. The fourth-order valence-electron chi connectivity index (χ4n) is 1.87. The minimum atomic E-state index is -0.322. The molecular weight excluding hydrogens is 290 g/mol. The molecular formula is C15H16ClN3O2. The van der Waals surface area contributed by atoms with Gasteiger partial charge in [-0.1, -0.05) is 23.7 Å². The normalized spacial score (nSPS) is 10.0. The Labute approximate surface area is 128 Å². The van der Waals surface area contributed by atoms with Gasteiger partial charge >= 0.3 is 0 Å². The molecule has 0 saturated heterocycles. The molecule has 2 rings (SSSR count). The van der Waals surface area contributed by atoms with E-state index in [4.69, 9.17) is 22.2 Å². The molecule has 110 valence electrons. The number of benzene rings is 2. The number of rotatable bonds is 5. The first-order chi connectivity index (χ1) is 10.2.